The highest BCUT2D eigenvalue weighted by Crippen LogP contribution is 2.35. The molecule has 0 aromatic heterocycles. The Hall–Kier alpha value is -0.240. The Morgan fingerprint density at radius 2 is 2.36 bits per heavy atom. The Morgan fingerprint density at radius 3 is 2.82 bits per heavy atom. The van der Waals surface area contributed by atoms with E-state index < -0.39 is 0 Å². The van der Waals surface area contributed by atoms with Crippen molar-refractivity contribution in [2.45, 2.75) is 37.7 Å². The van der Waals surface area contributed by atoms with E-state index in [0.717, 1.165) is 12.3 Å². The molecular weight excluding hydrogens is 162 g/mol. The van der Waals surface area contributed by atoms with Gasteiger partial charge in [-0.05, 0) is 19.8 Å². The number of hydrogen-bond donors (Lipinski definition) is 0. The molecule has 2 nitrogen and oxygen atoms in total. The summed E-state index contributed by atoms with van der Waals surface area (Å²) in [5.41, 5.74) is 1.24. The van der Waals surface area contributed by atoms with Crippen LogP contribution in [0.15, 0.2) is 5.16 Å². The third-order valence-corrected chi connectivity index (χ3v) is 2.56. The van der Waals surface area contributed by atoms with Crippen molar-refractivity contribution >= 4 is 17.3 Å². The van der Waals surface area contributed by atoms with Gasteiger partial charge in [-0.25, -0.2) is 0 Å². The topological polar surface area (TPSA) is 21.6 Å². The molecule has 1 aliphatic heterocycles. The summed E-state index contributed by atoms with van der Waals surface area (Å²) in [5, 5.41) is 4.11. The Balaban J connectivity index is 1.89. The molecule has 0 amide bonds. The average Bonchev–Trinajstić information content (AvgIpc) is 2.68. The Bertz CT molecular complexity index is 187. The summed E-state index contributed by atoms with van der Waals surface area (Å²) in [7, 11) is 0. The van der Waals surface area contributed by atoms with Gasteiger partial charge >= 0.3 is 0 Å². The highest BCUT2D eigenvalue weighted by Gasteiger charge is 2.35. The molecule has 0 N–H and O–H groups in total. The first-order valence-corrected chi connectivity index (χ1v) is 4.57. The SMILES string of the molecule is CC(Cl)C1CC(C2CC2)=NO1. The van der Waals surface area contributed by atoms with Gasteiger partial charge in [0.1, 0.15) is 6.10 Å². The van der Waals surface area contributed by atoms with Gasteiger partial charge in [0.15, 0.2) is 0 Å². The van der Waals surface area contributed by atoms with Gasteiger partial charge in [0, 0.05) is 12.3 Å². The van der Waals surface area contributed by atoms with Crippen molar-refractivity contribution in [2.75, 3.05) is 0 Å². The highest BCUT2D eigenvalue weighted by molar-refractivity contribution is 6.21. The van der Waals surface area contributed by atoms with Gasteiger partial charge in [0.05, 0.1) is 11.1 Å². The number of rotatable bonds is 2. The van der Waals surface area contributed by atoms with Gasteiger partial charge in [-0.15, -0.1) is 11.6 Å². The van der Waals surface area contributed by atoms with E-state index in [-0.39, 0.29) is 11.5 Å². The first kappa shape index (κ1) is 7.41. The molecule has 1 saturated carbocycles. The molecular formula is C8H12ClNO. The number of oxime groups is 1. The van der Waals surface area contributed by atoms with Crippen LogP contribution in [0.4, 0.5) is 0 Å². The molecule has 2 unspecified atom stereocenters. The minimum Gasteiger partial charge on any atom is -0.391 e. The highest BCUT2D eigenvalue weighted by atomic mass is 35.5. The van der Waals surface area contributed by atoms with Crippen LogP contribution in [-0.2, 0) is 4.84 Å². The Morgan fingerprint density at radius 1 is 1.64 bits per heavy atom. The summed E-state index contributed by atoms with van der Waals surface area (Å²) in [6.45, 7) is 1.96. The molecule has 0 saturated heterocycles. The molecule has 11 heavy (non-hydrogen) atoms. The molecule has 2 atom stereocenters. The lowest BCUT2D eigenvalue weighted by atomic mass is 10.1. The zero-order valence-corrected chi connectivity index (χ0v) is 7.34. The molecule has 1 heterocycles. The second-order valence-corrected chi connectivity index (χ2v) is 4.07. The van der Waals surface area contributed by atoms with E-state index in [1.54, 1.807) is 0 Å². The normalized spacial score (nSPS) is 32.9. The van der Waals surface area contributed by atoms with Crippen LogP contribution in [-0.4, -0.2) is 17.2 Å². The van der Waals surface area contributed by atoms with Crippen molar-refractivity contribution in [3.63, 3.8) is 0 Å². The Labute approximate surface area is 71.5 Å². The number of alkyl halides is 1. The van der Waals surface area contributed by atoms with Crippen molar-refractivity contribution in [2.24, 2.45) is 11.1 Å². The summed E-state index contributed by atoms with van der Waals surface area (Å²) in [4.78, 5) is 5.18. The standard InChI is InChI=1S/C8H12ClNO/c1-5(9)8-4-7(10-11-8)6-2-3-6/h5-6,8H,2-4H2,1H3. The maximum absolute atomic E-state index is 5.88. The third kappa shape index (κ3) is 1.51. The van der Waals surface area contributed by atoms with E-state index in [4.69, 9.17) is 16.4 Å². The van der Waals surface area contributed by atoms with Crippen molar-refractivity contribution in [1.82, 2.24) is 0 Å². The summed E-state index contributed by atoms with van der Waals surface area (Å²) in [6, 6.07) is 0. The van der Waals surface area contributed by atoms with Crippen LogP contribution in [0.2, 0.25) is 0 Å². The monoisotopic (exact) mass is 173 g/mol. The summed E-state index contributed by atoms with van der Waals surface area (Å²) in [5.74, 6) is 0.732. The average molecular weight is 174 g/mol. The lowest BCUT2D eigenvalue weighted by Crippen LogP contribution is -2.18. The van der Waals surface area contributed by atoms with E-state index in [0.29, 0.717) is 0 Å². The third-order valence-electron chi connectivity index (χ3n) is 2.28. The predicted octanol–water partition coefficient (Wildman–Crippen LogP) is 2.17. The number of nitrogens with zero attached hydrogens (tertiary/aromatic N) is 1. The van der Waals surface area contributed by atoms with Crippen LogP contribution < -0.4 is 0 Å². The van der Waals surface area contributed by atoms with Crippen molar-refractivity contribution in [3.05, 3.63) is 0 Å². The van der Waals surface area contributed by atoms with Gasteiger partial charge in [0.25, 0.3) is 0 Å². The maximum atomic E-state index is 5.88. The second kappa shape index (κ2) is 2.67. The van der Waals surface area contributed by atoms with Crippen molar-refractivity contribution in [1.29, 1.82) is 0 Å². The molecule has 62 valence electrons. The van der Waals surface area contributed by atoms with Crippen LogP contribution in [0.25, 0.3) is 0 Å². The van der Waals surface area contributed by atoms with Gasteiger partial charge in [0.2, 0.25) is 0 Å². The van der Waals surface area contributed by atoms with E-state index in [1.165, 1.54) is 18.6 Å². The molecule has 1 aliphatic carbocycles. The van der Waals surface area contributed by atoms with Gasteiger partial charge in [-0.3, -0.25) is 0 Å². The smallest absolute Gasteiger partial charge is 0.148 e. The summed E-state index contributed by atoms with van der Waals surface area (Å²) >= 11 is 5.88. The molecule has 1 fully saturated rings. The lowest BCUT2D eigenvalue weighted by molar-refractivity contribution is 0.0854. The summed E-state index contributed by atoms with van der Waals surface area (Å²) in [6.07, 6.45) is 3.68. The van der Waals surface area contributed by atoms with E-state index in [1.807, 2.05) is 6.92 Å². The lowest BCUT2D eigenvalue weighted by Gasteiger charge is -2.08. The first-order valence-electron chi connectivity index (χ1n) is 4.14. The maximum Gasteiger partial charge on any atom is 0.148 e. The first-order chi connectivity index (χ1) is 5.27. The van der Waals surface area contributed by atoms with E-state index in [2.05, 4.69) is 5.16 Å². The molecule has 3 heteroatoms. The zero-order chi connectivity index (χ0) is 7.84. The largest absolute Gasteiger partial charge is 0.391 e. The second-order valence-electron chi connectivity index (χ2n) is 3.38. The minimum atomic E-state index is 0.0787. The van der Waals surface area contributed by atoms with Crippen molar-refractivity contribution < 1.29 is 4.84 Å². The zero-order valence-electron chi connectivity index (χ0n) is 6.59. The van der Waals surface area contributed by atoms with Crippen LogP contribution >= 0.6 is 11.6 Å². The molecule has 0 radical (unpaired) electrons. The number of hydrogen-bond acceptors (Lipinski definition) is 2. The van der Waals surface area contributed by atoms with Gasteiger partial charge in [-0.1, -0.05) is 5.16 Å². The van der Waals surface area contributed by atoms with Gasteiger partial charge in [-0.2, -0.15) is 0 Å². The minimum absolute atomic E-state index is 0.0787. The Kier molecular flexibility index (Phi) is 1.80. The molecule has 0 aromatic carbocycles. The van der Waals surface area contributed by atoms with E-state index >= 15 is 0 Å². The molecule has 0 aromatic rings. The fourth-order valence-corrected chi connectivity index (χ4v) is 1.46. The summed E-state index contributed by atoms with van der Waals surface area (Å²) < 4.78 is 0. The van der Waals surface area contributed by atoms with Crippen LogP contribution in [0.1, 0.15) is 26.2 Å². The van der Waals surface area contributed by atoms with Crippen LogP contribution in [0.3, 0.4) is 0 Å². The molecule has 2 rings (SSSR count). The predicted molar refractivity (Wildman–Crippen MR) is 45.0 cm³/mol. The quantitative estimate of drug-likeness (QED) is 0.587. The molecule has 2 aliphatic rings. The van der Waals surface area contributed by atoms with E-state index in [9.17, 15) is 0 Å². The van der Waals surface area contributed by atoms with Crippen LogP contribution in [0.5, 0.6) is 0 Å². The van der Waals surface area contributed by atoms with Gasteiger partial charge < -0.3 is 4.84 Å². The number of halogens is 1. The van der Waals surface area contributed by atoms with Crippen molar-refractivity contribution in [3.8, 4) is 0 Å². The fourth-order valence-electron chi connectivity index (χ4n) is 1.32. The molecule has 0 spiro atoms. The van der Waals surface area contributed by atoms with Crippen LogP contribution in [0, 0.1) is 5.92 Å². The fraction of sp³-hybridized carbons (Fsp3) is 0.875. The molecule has 0 bridgehead atoms.